The van der Waals surface area contributed by atoms with E-state index in [9.17, 15) is 8.42 Å². The minimum atomic E-state index is -3.11. The molecule has 0 saturated carbocycles. The zero-order chi connectivity index (χ0) is 12.6. The molecule has 0 aromatic heterocycles. The van der Waals surface area contributed by atoms with Crippen molar-refractivity contribution in [3.63, 3.8) is 0 Å². The van der Waals surface area contributed by atoms with E-state index in [-0.39, 0.29) is 11.8 Å². The molecule has 1 fully saturated rings. The third-order valence-corrected chi connectivity index (χ3v) is 5.15. The lowest BCUT2D eigenvalue weighted by Gasteiger charge is -2.33. The van der Waals surface area contributed by atoms with Crippen molar-refractivity contribution in [3.8, 4) is 11.5 Å². The highest BCUT2D eigenvalue weighted by Gasteiger charge is 2.45. The summed E-state index contributed by atoms with van der Waals surface area (Å²) in [5.74, 6) is 1.17. The highest BCUT2D eigenvalue weighted by atomic mass is 32.2. The van der Waals surface area contributed by atoms with Gasteiger partial charge >= 0.3 is 0 Å². The fraction of sp³-hybridized carbons (Fsp3) is 0.455. The lowest BCUT2D eigenvalue weighted by Crippen LogP contribution is -2.50. The van der Waals surface area contributed by atoms with Crippen LogP contribution in [-0.4, -0.2) is 34.4 Å². The molecule has 1 aromatic carbocycles. The second kappa shape index (κ2) is 4.19. The first-order valence-corrected chi connectivity index (χ1v) is 6.89. The molecular formula is C11H15NO4S. The van der Waals surface area contributed by atoms with Crippen LogP contribution in [0.25, 0.3) is 0 Å². The maximum absolute atomic E-state index is 11.7. The average Bonchev–Trinajstić information content (AvgIpc) is 2.27. The highest BCUT2D eigenvalue weighted by molar-refractivity contribution is 7.93. The molecule has 5 nitrogen and oxygen atoms in total. The molecule has 0 spiro atoms. The summed E-state index contributed by atoms with van der Waals surface area (Å²) >= 11 is 0. The number of rotatable bonds is 3. The van der Waals surface area contributed by atoms with Gasteiger partial charge in [0.1, 0.15) is 16.7 Å². The van der Waals surface area contributed by atoms with Gasteiger partial charge in [-0.1, -0.05) is 0 Å². The molecule has 1 heterocycles. The molecular weight excluding hydrogens is 242 g/mol. The molecule has 0 amide bonds. The minimum Gasteiger partial charge on any atom is -0.497 e. The van der Waals surface area contributed by atoms with Crippen molar-refractivity contribution in [2.75, 3.05) is 20.0 Å². The van der Waals surface area contributed by atoms with E-state index in [2.05, 4.69) is 0 Å². The second-order valence-corrected chi connectivity index (χ2v) is 6.23. The zero-order valence-electron chi connectivity index (χ0n) is 9.71. The van der Waals surface area contributed by atoms with Crippen LogP contribution in [0.2, 0.25) is 0 Å². The van der Waals surface area contributed by atoms with Crippen LogP contribution in [0.1, 0.15) is 10.8 Å². The molecule has 1 aromatic rings. The average molecular weight is 257 g/mol. The first-order chi connectivity index (χ1) is 7.97. The molecule has 1 aliphatic heterocycles. The molecule has 6 heteroatoms. The Hall–Kier alpha value is -1.27. The molecule has 2 unspecified atom stereocenters. The Labute approximate surface area is 100 Å². The van der Waals surface area contributed by atoms with E-state index in [0.29, 0.717) is 17.1 Å². The van der Waals surface area contributed by atoms with Crippen LogP contribution < -0.4 is 15.2 Å². The Morgan fingerprint density at radius 1 is 1.18 bits per heavy atom. The smallest absolute Gasteiger partial charge is 0.160 e. The molecule has 2 N–H and O–H groups in total. The van der Waals surface area contributed by atoms with Gasteiger partial charge in [-0.3, -0.25) is 0 Å². The number of methoxy groups -OCH3 is 2. The summed E-state index contributed by atoms with van der Waals surface area (Å²) in [6.07, 6.45) is 0. The molecule has 2 rings (SSSR count). The Bertz CT molecular complexity index is 504. The number of hydrogen-bond donors (Lipinski definition) is 1. The van der Waals surface area contributed by atoms with Gasteiger partial charge < -0.3 is 15.2 Å². The van der Waals surface area contributed by atoms with Gasteiger partial charge in [0.05, 0.1) is 20.0 Å². The number of sulfone groups is 1. The number of nitrogens with two attached hydrogens (primary N) is 1. The van der Waals surface area contributed by atoms with Gasteiger partial charge in [-0.05, 0) is 17.7 Å². The first kappa shape index (κ1) is 12.2. The van der Waals surface area contributed by atoms with E-state index >= 15 is 0 Å². The van der Waals surface area contributed by atoms with Crippen LogP contribution in [0.5, 0.6) is 11.5 Å². The third-order valence-electron chi connectivity index (χ3n) is 2.90. The zero-order valence-corrected chi connectivity index (χ0v) is 10.5. The van der Waals surface area contributed by atoms with Gasteiger partial charge in [0.25, 0.3) is 0 Å². The van der Waals surface area contributed by atoms with E-state index in [1.54, 1.807) is 18.2 Å². The highest BCUT2D eigenvalue weighted by Crippen LogP contribution is 2.38. The summed E-state index contributed by atoms with van der Waals surface area (Å²) in [4.78, 5) is 0. The SMILES string of the molecule is COc1cc(OC)cc(C2C(N)CS2(=O)=O)c1. The Morgan fingerprint density at radius 2 is 1.71 bits per heavy atom. The maximum Gasteiger partial charge on any atom is 0.160 e. The van der Waals surface area contributed by atoms with E-state index in [1.807, 2.05) is 0 Å². The molecule has 0 bridgehead atoms. The van der Waals surface area contributed by atoms with Gasteiger partial charge in [-0.2, -0.15) is 0 Å². The fourth-order valence-electron chi connectivity index (χ4n) is 2.05. The molecule has 1 aliphatic rings. The predicted molar refractivity (Wildman–Crippen MR) is 64.0 cm³/mol. The number of ether oxygens (including phenoxy) is 2. The van der Waals surface area contributed by atoms with Gasteiger partial charge in [-0.15, -0.1) is 0 Å². The van der Waals surface area contributed by atoms with Crippen molar-refractivity contribution in [3.05, 3.63) is 23.8 Å². The lowest BCUT2D eigenvalue weighted by atomic mass is 10.1. The summed E-state index contributed by atoms with van der Waals surface area (Å²) in [5, 5.41) is -0.647. The Balaban J connectivity index is 2.44. The van der Waals surface area contributed by atoms with Crippen molar-refractivity contribution in [1.82, 2.24) is 0 Å². The van der Waals surface area contributed by atoms with Crippen molar-refractivity contribution in [2.45, 2.75) is 11.3 Å². The summed E-state index contributed by atoms with van der Waals surface area (Å²) in [6.45, 7) is 0. The summed E-state index contributed by atoms with van der Waals surface area (Å²) in [5.41, 5.74) is 6.38. The van der Waals surface area contributed by atoms with Crippen LogP contribution in [0, 0.1) is 0 Å². The van der Waals surface area contributed by atoms with Crippen LogP contribution >= 0.6 is 0 Å². The van der Waals surface area contributed by atoms with Gasteiger partial charge in [0.2, 0.25) is 0 Å². The minimum absolute atomic E-state index is 0.0389. The third kappa shape index (κ3) is 2.10. The van der Waals surface area contributed by atoms with Crippen molar-refractivity contribution in [1.29, 1.82) is 0 Å². The van der Waals surface area contributed by atoms with Crippen LogP contribution in [0.3, 0.4) is 0 Å². The monoisotopic (exact) mass is 257 g/mol. The van der Waals surface area contributed by atoms with E-state index in [0.717, 1.165) is 0 Å². The number of hydrogen-bond acceptors (Lipinski definition) is 5. The van der Waals surface area contributed by atoms with Gasteiger partial charge in [-0.25, -0.2) is 8.42 Å². The van der Waals surface area contributed by atoms with Crippen LogP contribution in [0.15, 0.2) is 18.2 Å². The summed E-state index contributed by atoms with van der Waals surface area (Å²) in [6, 6.07) is 4.71. The summed E-state index contributed by atoms with van der Waals surface area (Å²) < 4.78 is 33.5. The molecule has 2 atom stereocenters. The standard InChI is InChI=1S/C11H15NO4S/c1-15-8-3-7(4-9(5-8)16-2)11-10(12)6-17(11,13)14/h3-5,10-11H,6,12H2,1-2H3. The molecule has 0 radical (unpaired) electrons. The summed E-state index contributed by atoms with van der Waals surface area (Å²) in [7, 11) is -0.0674. The maximum atomic E-state index is 11.7. The Morgan fingerprint density at radius 3 is 2.06 bits per heavy atom. The molecule has 94 valence electrons. The fourth-order valence-corrected chi connectivity index (χ4v) is 3.81. The van der Waals surface area contributed by atoms with Crippen LogP contribution in [0.4, 0.5) is 0 Å². The largest absolute Gasteiger partial charge is 0.497 e. The van der Waals surface area contributed by atoms with Crippen LogP contribution in [-0.2, 0) is 9.84 Å². The molecule has 17 heavy (non-hydrogen) atoms. The molecule has 1 saturated heterocycles. The predicted octanol–water partition coefficient (Wildman–Crippen LogP) is 0.501. The van der Waals surface area contributed by atoms with E-state index in [1.165, 1.54) is 14.2 Å². The lowest BCUT2D eigenvalue weighted by molar-refractivity contribution is 0.392. The van der Waals surface area contributed by atoms with Gasteiger partial charge in [0.15, 0.2) is 9.84 Å². The van der Waals surface area contributed by atoms with E-state index < -0.39 is 15.1 Å². The second-order valence-electron chi connectivity index (χ2n) is 4.06. The topological polar surface area (TPSA) is 78.6 Å². The molecule has 0 aliphatic carbocycles. The van der Waals surface area contributed by atoms with Crippen molar-refractivity contribution in [2.24, 2.45) is 5.73 Å². The Kier molecular flexibility index (Phi) is 3.01. The first-order valence-electron chi connectivity index (χ1n) is 5.18. The van der Waals surface area contributed by atoms with Crippen molar-refractivity contribution < 1.29 is 17.9 Å². The number of benzene rings is 1. The normalized spacial score (nSPS) is 26.1. The quantitative estimate of drug-likeness (QED) is 0.853. The van der Waals surface area contributed by atoms with E-state index in [4.69, 9.17) is 15.2 Å². The van der Waals surface area contributed by atoms with Gasteiger partial charge in [0, 0.05) is 12.1 Å². The van der Waals surface area contributed by atoms with Crippen molar-refractivity contribution >= 4 is 9.84 Å².